The number of carboxylic acids is 1. The lowest BCUT2D eigenvalue weighted by molar-refractivity contribution is -0.384. The van der Waals surface area contributed by atoms with Crippen molar-refractivity contribution in [3.63, 3.8) is 0 Å². The van der Waals surface area contributed by atoms with Crippen molar-refractivity contribution in [2.24, 2.45) is 0 Å². The topological polar surface area (TPSA) is 105 Å². The first-order chi connectivity index (χ1) is 7.56. The largest absolute Gasteiger partial charge is 0.477 e. The Bertz CT molecular complexity index is 444. The van der Waals surface area contributed by atoms with Crippen molar-refractivity contribution < 1.29 is 14.8 Å². The number of nitrogens with zero attached hydrogens (tertiary/aromatic N) is 2. The summed E-state index contributed by atoms with van der Waals surface area (Å²) in [5.41, 5.74) is -0.524. The standard InChI is InChI=1S/C9H9N3O4/c1-2-5-10-8-7(12(15)16)4-3-6(11-8)9(13)14/h2-4H,1,5H2,(H,10,11)(H,13,14). The number of aromatic nitrogens is 1. The Kier molecular flexibility index (Phi) is 3.54. The van der Waals surface area contributed by atoms with Gasteiger partial charge in [-0.1, -0.05) is 6.08 Å². The van der Waals surface area contributed by atoms with Crippen LogP contribution in [0, 0.1) is 10.1 Å². The third-order valence-electron chi connectivity index (χ3n) is 1.70. The first-order valence-corrected chi connectivity index (χ1v) is 4.29. The fourth-order valence-electron chi connectivity index (χ4n) is 1.02. The van der Waals surface area contributed by atoms with Crippen molar-refractivity contribution in [2.75, 3.05) is 11.9 Å². The molecule has 0 radical (unpaired) electrons. The third-order valence-corrected chi connectivity index (χ3v) is 1.70. The van der Waals surface area contributed by atoms with Crippen LogP contribution in [0.1, 0.15) is 10.5 Å². The molecule has 7 heteroatoms. The molecule has 0 aliphatic carbocycles. The first kappa shape index (κ1) is 11.6. The smallest absolute Gasteiger partial charge is 0.354 e. The molecule has 1 aromatic rings. The fraction of sp³-hybridized carbons (Fsp3) is 0.111. The number of pyridine rings is 1. The molecule has 0 spiro atoms. The third kappa shape index (κ3) is 2.53. The van der Waals surface area contributed by atoms with E-state index in [2.05, 4.69) is 16.9 Å². The van der Waals surface area contributed by atoms with Gasteiger partial charge in [-0.25, -0.2) is 9.78 Å². The van der Waals surface area contributed by atoms with Crippen LogP contribution in [-0.4, -0.2) is 27.5 Å². The monoisotopic (exact) mass is 223 g/mol. The number of aromatic carboxylic acids is 1. The maximum atomic E-state index is 10.6. The highest BCUT2D eigenvalue weighted by molar-refractivity contribution is 5.86. The summed E-state index contributed by atoms with van der Waals surface area (Å²) in [6.07, 6.45) is 1.48. The van der Waals surface area contributed by atoms with Crippen molar-refractivity contribution >= 4 is 17.5 Å². The Morgan fingerprint density at radius 2 is 2.38 bits per heavy atom. The molecule has 0 unspecified atom stereocenters. The molecule has 0 bridgehead atoms. The molecule has 7 nitrogen and oxygen atoms in total. The van der Waals surface area contributed by atoms with Crippen LogP contribution in [0.4, 0.5) is 11.5 Å². The summed E-state index contributed by atoms with van der Waals surface area (Å²) >= 11 is 0. The van der Waals surface area contributed by atoms with E-state index in [1.54, 1.807) is 0 Å². The molecule has 0 atom stereocenters. The van der Waals surface area contributed by atoms with Gasteiger partial charge in [-0.15, -0.1) is 6.58 Å². The normalized spacial score (nSPS) is 9.50. The number of hydrogen-bond acceptors (Lipinski definition) is 5. The number of carboxylic acid groups (broad SMARTS) is 1. The quantitative estimate of drug-likeness (QED) is 0.442. The van der Waals surface area contributed by atoms with Crippen LogP contribution in [0.2, 0.25) is 0 Å². The molecule has 0 aliphatic heterocycles. The lowest BCUT2D eigenvalue weighted by atomic mass is 10.3. The minimum absolute atomic E-state index is 0.0789. The van der Waals surface area contributed by atoms with E-state index in [9.17, 15) is 14.9 Å². The van der Waals surface area contributed by atoms with Gasteiger partial charge in [0, 0.05) is 12.6 Å². The Hall–Kier alpha value is -2.44. The Balaban J connectivity index is 3.15. The SMILES string of the molecule is C=CCNc1nc(C(=O)O)ccc1[N+](=O)[O-]. The van der Waals surface area contributed by atoms with Gasteiger partial charge in [-0.05, 0) is 6.07 Å². The van der Waals surface area contributed by atoms with Gasteiger partial charge in [-0.2, -0.15) is 0 Å². The van der Waals surface area contributed by atoms with Crippen LogP contribution in [-0.2, 0) is 0 Å². The number of carbonyl (C=O) groups is 1. The predicted molar refractivity (Wildman–Crippen MR) is 56.5 cm³/mol. The molecule has 0 saturated heterocycles. The van der Waals surface area contributed by atoms with Crippen LogP contribution in [0.5, 0.6) is 0 Å². The summed E-state index contributed by atoms with van der Waals surface area (Å²) in [7, 11) is 0. The van der Waals surface area contributed by atoms with Gasteiger partial charge in [0.1, 0.15) is 0 Å². The molecular weight excluding hydrogens is 214 g/mol. The van der Waals surface area contributed by atoms with Crippen molar-refractivity contribution in [2.45, 2.75) is 0 Å². The number of hydrogen-bond donors (Lipinski definition) is 2. The molecule has 1 rings (SSSR count). The highest BCUT2D eigenvalue weighted by Crippen LogP contribution is 2.21. The number of rotatable bonds is 5. The van der Waals surface area contributed by atoms with Gasteiger partial charge >= 0.3 is 11.7 Å². The van der Waals surface area contributed by atoms with Gasteiger partial charge in [0.05, 0.1) is 4.92 Å². The van der Waals surface area contributed by atoms with Gasteiger partial charge in [0.25, 0.3) is 0 Å². The van der Waals surface area contributed by atoms with E-state index in [0.29, 0.717) is 0 Å². The van der Waals surface area contributed by atoms with Crippen LogP contribution in [0.15, 0.2) is 24.8 Å². The van der Waals surface area contributed by atoms with E-state index in [1.807, 2.05) is 0 Å². The second-order valence-corrected chi connectivity index (χ2v) is 2.80. The molecule has 1 heterocycles. The zero-order chi connectivity index (χ0) is 12.1. The van der Waals surface area contributed by atoms with Gasteiger partial charge in [0.2, 0.25) is 5.82 Å². The molecule has 84 valence electrons. The maximum Gasteiger partial charge on any atom is 0.354 e. The second-order valence-electron chi connectivity index (χ2n) is 2.80. The summed E-state index contributed by atoms with van der Waals surface area (Å²) in [4.78, 5) is 24.2. The van der Waals surface area contributed by atoms with Crippen molar-refractivity contribution in [3.8, 4) is 0 Å². The Labute approximate surface area is 90.6 Å². The zero-order valence-corrected chi connectivity index (χ0v) is 8.21. The van der Waals surface area contributed by atoms with E-state index in [4.69, 9.17) is 5.11 Å². The van der Waals surface area contributed by atoms with Crippen LogP contribution < -0.4 is 5.32 Å². The predicted octanol–water partition coefficient (Wildman–Crippen LogP) is 1.29. The summed E-state index contributed by atoms with van der Waals surface area (Å²) in [6, 6.07) is 2.18. The highest BCUT2D eigenvalue weighted by Gasteiger charge is 2.17. The van der Waals surface area contributed by atoms with E-state index in [0.717, 1.165) is 12.1 Å². The van der Waals surface area contributed by atoms with Gasteiger partial charge in [-0.3, -0.25) is 10.1 Å². The molecule has 1 aromatic heterocycles. The molecule has 2 N–H and O–H groups in total. The van der Waals surface area contributed by atoms with Gasteiger partial charge in [0.15, 0.2) is 5.69 Å². The van der Waals surface area contributed by atoms with E-state index in [-0.39, 0.29) is 23.7 Å². The van der Waals surface area contributed by atoms with E-state index < -0.39 is 10.9 Å². The summed E-state index contributed by atoms with van der Waals surface area (Å²) < 4.78 is 0. The minimum atomic E-state index is -1.24. The highest BCUT2D eigenvalue weighted by atomic mass is 16.6. The summed E-state index contributed by atoms with van der Waals surface area (Å²) in [5, 5.41) is 21.9. The van der Waals surface area contributed by atoms with Crippen molar-refractivity contribution in [3.05, 3.63) is 40.6 Å². The molecule has 0 aromatic carbocycles. The zero-order valence-electron chi connectivity index (χ0n) is 8.21. The first-order valence-electron chi connectivity index (χ1n) is 4.29. The van der Waals surface area contributed by atoms with Gasteiger partial charge < -0.3 is 10.4 Å². The molecule has 0 saturated carbocycles. The number of anilines is 1. The van der Waals surface area contributed by atoms with Crippen molar-refractivity contribution in [1.29, 1.82) is 0 Å². The minimum Gasteiger partial charge on any atom is -0.477 e. The average Bonchev–Trinajstić information content (AvgIpc) is 2.25. The number of nitro groups is 1. The average molecular weight is 223 g/mol. The summed E-state index contributed by atoms with van der Waals surface area (Å²) in [5.74, 6) is -1.32. The second kappa shape index (κ2) is 4.87. The van der Waals surface area contributed by atoms with Crippen LogP contribution >= 0.6 is 0 Å². The summed E-state index contributed by atoms with van der Waals surface area (Å²) in [6.45, 7) is 3.69. The Morgan fingerprint density at radius 3 is 2.88 bits per heavy atom. The van der Waals surface area contributed by atoms with Crippen molar-refractivity contribution in [1.82, 2.24) is 4.98 Å². The van der Waals surface area contributed by atoms with Crippen LogP contribution in [0.25, 0.3) is 0 Å². The van der Waals surface area contributed by atoms with E-state index in [1.165, 1.54) is 6.08 Å². The van der Waals surface area contributed by atoms with Crippen LogP contribution in [0.3, 0.4) is 0 Å². The lowest BCUT2D eigenvalue weighted by Crippen LogP contribution is -2.08. The fourth-order valence-corrected chi connectivity index (χ4v) is 1.02. The molecule has 16 heavy (non-hydrogen) atoms. The Morgan fingerprint density at radius 1 is 1.69 bits per heavy atom. The molecule has 0 fully saturated rings. The number of nitrogens with one attached hydrogen (secondary N) is 1. The maximum absolute atomic E-state index is 10.6. The lowest BCUT2D eigenvalue weighted by Gasteiger charge is -2.04. The molecule has 0 aliphatic rings. The molecular formula is C9H9N3O4. The van der Waals surface area contributed by atoms with E-state index >= 15 is 0 Å². The molecule has 0 amide bonds.